The van der Waals surface area contributed by atoms with E-state index in [1.54, 1.807) is 5.38 Å². The summed E-state index contributed by atoms with van der Waals surface area (Å²) in [6.45, 7) is 2.06. The zero-order valence-electron chi connectivity index (χ0n) is 7.91. The number of aromatic nitrogens is 2. The molecule has 0 amide bonds. The Balaban J connectivity index is 2.32. The molecule has 80 valence electrons. The second kappa shape index (κ2) is 4.67. The summed E-state index contributed by atoms with van der Waals surface area (Å²) in [5, 5.41) is 11.3. The topological polar surface area (TPSA) is 25.8 Å². The van der Waals surface area contributed by atoms with Crippen LogP contribution in [-0.2, 0) is 0 Å². The minimum atomic E-state index is -0.217. The van der Waals surface area contributed by atoms with Crippen molar-refractivity contribution in [3.05, 3.63) is 22.3 Å². The molecule has 6 heteroatoms. The summed E-state index contributed by atoms with van der Waals surface area (Å²) >= 11 is 6.29. The van der Waals surface area contributed by atoms with Gasteiger partial charge in [0.05, 0.1) is 4.83 Å². The minimum absolute atomic E-state index is 0.215. The first-order valence-electron chi connectivity index (χ1n) is 4.43. The molecule has 0 aliphatic carbocycles. The van der Waals surface area contributed by atoms with Gasteiger partial charge in [-0.1, -0.05) is 34.2 Å². The van der Waals surface area contributed by atoms with Crippen molar-refractivity contribution < 1.29 is 4.39 Å². The highest BCUT2D eigenvalue weighted by molar-refractivity contribution is 9.09. The molecule has 15 heavy (non-hydrogen) atoms. The van der Waals surface area contributed by atoms with Gasteiger partial charge in [0.1, 0.15) is 15.7 Å². The Morgan fingerprint density at radius 3 is 2.93 bits per heavy atom. The number of hydrogen-bond donors (Lipinski definition) is 0. The van der Waals surface area contributed by atoms with Gasteiger partial charge in [0.15, 0.2) is 5.01 Å². The fraction of sp³-hybridized carbons (Fsp3) is 0.333. The maximum atomic E-state index is 13.3. The molecule has 0 saturated carbocycles. The molecule has 2 aromatic heterocycles. The predicted molar refractivity (Wildman–Crippen MR) is 65.1 cm³/mol. The van der Waals surface area contributed by atoms with Gasteiger partial charge in [-0.25, -0.2) is 4.39 Å². The second-order valence-electron chi connectivity index (χ2n) is 2.92. The summed E-state index contributed by atoms with van der Waals surface area (Å²) in [6, 6.07) is 1.45. The lowest BCUT2D eigenvalue weighted by molar-refractivity contribution is 0.636. The molecule has 2 nitrogen and oxygen atoms in total. The lowest BCUT2D eigenvalue weighted by Crippen LogP contribution is -1.84. The molecular weight excluding hydrogens is 299 g/mol. The Kier molecular flexibility index (Phi) is 3.48. The van der Waals surface area contributed by atoms with Crippen molar-refractivity contribution in [2.75, 3.05) is 0 Å². The average Bonchev–Trinajstić information content (AvgIpc) is 2.84. The van der Waals surface area contributed by atoms with Crippen LogP contribution in [-0.4, -0.2) is 10.2 Å². The van der Waals surface area contributed by atoms with Gasteiger partial charge in [0.25, 0.3) is 0 Å². The van der Waals surface area contributed by atoms with Gasteiger partial charge < -0.3 is 0 Å². The van der Waals surface area contributed by atoms with Crippen molar-refractivity contribution in [3.8, 4) is 9.88 Å². The summed E-state index contributed by atoms with van der Waals surface area (Å²) in [5.41, 5.74) is 0. The van der Waals surface area contributed by atoms with Crippen molar-refractivity contribution in [1.82, 2.24) is 10.2 Å². The Morgan fingerprint density at radius 1 is 1.53 bits per heavy atom. The number of halogens is 2. The van der Waals surface area contributed by atoms with E-state index in [0.717, 1.165) is 11.4 Å². The normalized spacial score (nSPS) is 13.0. The molecule has 0 aliphatic heterocycles. The van der Waals surface area contributed by atoms with Crippen LogP contribution in [0.3, 0.4) is 0 Å². The number of alkyl halides is 1. The molecule has 2 aromatic rings. The van der Waals surface area contributed by atoms with Crippen LogP contribution in [0.25, 0.3) is 9.88 Å². The number of nitrogens with zero attached hydrogens (tertiary/aromatic N) is 2. The fourth-order valence-corrected chi connectivity index (χ4v) is 3.21. The van der Waals surface area contributed by atoms with Crippen LogP contribution in [0.5, 0.6) is 0 Å². The van der Waals surface area contributed by atoms with E-state index in [1.807, 2.05) is 0 Å². The number of thiophene rings is 1. The molecule has 1 atom stereocenters. The first-order chi connectivity index (χ1) is 7.22. The number of hydrogen-bond acceptors (Lipinski definition) is 4. The van der Waals surface area contributed by atoms with E-state index in [-0.39, 0.29) is 10.6 Å². The smallest absolute Gasteiger partial charge is 0.160 e. The highest BCUT2D eigenvalue weighted by Crippen LogP contribution is 2.35. The standard InChI is InChI=1S/C9H8BrFN2S2/c1-2-5(10)8-12-13-9(15-8)7-6(11)3-4-14-7/h3-5H,2H2,1H3. The molecule has 0 radical (unpaired) electrons. The van der Waals surface area contributed by atoms with Gasteiger partial charge in [-0.2, -0.15) is 0 Å². The Hall–Kier alpha value is -0.330. The fourth-order valence-electron chi connectivity index (χ4n) is 1.07. The predicted octanol–water partition coefficient (Wildman–Crippen LogP) is 4.25. The Labute approximate surface area is 103 Å². The van der Waals surface area contributed by atoms with Gasteiger partial charge in [-0.05, 0) is 17.9 Å². The highest BCUT2D eigenvalue weighted by atomic mass is 79.9. The van der Waals surface area contributed by atoms with E-state index in [4.69, 9.17) is 0 Å². The Morgan fingerprint density at radius 2 is 2.33 bits per heavy atom. The van der Waals surface area contributed by atoms with Crippen molar-refractivity contribution in [1.29, 1.82) is 0 Å². The van der Waals surface area contributed by atoms with Crippen molar-refractivity contribution in [3.63, 3.8) is 0 Å². The molecule has 2 rings (SSSR count). The first kappa shape index (κ1) is 11.2. The van der Waals surface area contributed by atoms with Crippen LogP contribution >= 0.6 is 38.6 Å². The lowest BCUT2D eigenvalue weighted by atomic mass is 10.4. The zero-order chi connectivity index (χ0) is 10.8. The second-order valence-corrected chi connectivity index (χ2v) is 5.95. The summed E-state index contributed by atoms with van der Waals surface area (Å²) in [4.78, 5) is 0.793. The van der Waals surface area contributed by atoms with Gasteiger partial charge in [-0.15, -0.1) is 21.5 Å². The largest absolute Gasteiger partial charge is 0.205 e. The van der Waals surface area contributed by atoms with Crippen LogP contribution in [0.2, 0.25) is 0 Å². The SMILES string of the molecule is CCC(Br)c1nnc(-c2sccc2F)s1. The van der Waals surface area contributed by atoms with Crippen molar-refractivity contribution in [2.45, 2.75) is 18.2 Å². The monoisotopic (exact) mass is 306 g/mol. The molecule has 0 aliphatic rings. The Bertz CT molecular complexity index is 454. The van der Waals surface area contributed by atoms with E-state index < -0.39 is 0 Å². The molecule has 0 spiro atoms. The zero-order valence-corrected chi connectivity index (χ0v) is 11.1. The van der Waals surface area contributed by atoms with E-state index in [2.05, 4.69) is 33.1 Å². The summed E-state index contributed by atoms with van der Waals surface area (Å²) < 4.78 is 13.3. The third kappa shape index (κ3) is 2.26. The van der Waals surface area contributed by atoms with E-state index in [0.29, 0.717) is 9.88 Å². The minimum Gasteiger partial charge on any atom is -0.205 e. The summed E-state index contributed by atoms with van der Waals surface area (Å²) in [7, 11) is 0. The average molecular weight is 307 g/mol. The van der Waals surface area contributed by atoms with Crippen LogP contribution in [0, 0.1) is 5.82 Å². The summed E-state index contributed by atoms with van der Waals surface area (Å²) in [5.74, 6) is -0.217. The maximum Gasteiger partial charge on any atom is 0.160 e. The van der Waals surface area contributed by atoms with E-state index in [1.165, 1.54) is 28.7 Å². The van der Waals surface area contributed by atoms with Crippen LogP contribution in [0.1, 0.15) is 23.2 Å². The number of rotatable bonds is 3. The lowest BCUT2D eigenvalue weighted by Gasteiger charge is -1.97. The summed E-state index contributed by atoms with van der Waals surface area (Å²) in [6.07, 6.45) is 0.946. The van der Waals surface area contributed by atoms with Gasteiger partial charge in [-0.3, -0.25) is 0 Å². The maximum absolute atomic E-state index is 13.3. The quantitative estimate of drug-likeness (QED) is 0.792. The molecule has 0 bridgehead atoms. The first-order valence-corrected chi connectivity index (χ1v) is 7.04. The molecule has 0 saturated heterocycles. The molecule has 1 unspecified atom stereocenters. The third-order valence-corrected chi connectivity index (χ3v) is 5.34. The molecule has 0 aromatic carbocycles. The van der Waals surface area contributed by atoms with Crippen molar-refractivity contribution >= 4 is 38.6 Å². The van der Waals surface area contributed by atoms with Gasteiger partial charge >= 0.3 is 0 Å². The van der Waals surface area contributed by atoms with Crippen LogP contribution in [0.15, 0.2) is 11.4 Å². The molecule has 0 fully saturated rings. The van der Waals surface area contributed by atoms with Crippen molar-refractivity contribution in [2.24, 2.45) is 0 Å². The molecule has 0 N–H and O–H groups in total. The molecule has 2 heterocycles. The molecular formula is C9H8BrFN2S2. The highest BCUT2D eigenvalue weighted by Gasteiger charge is 2.15. The van der Waals surface area contributed by atoms with Gasteiger partial charge in [0.2, 0.25) is 0 Å². The van der Waals surface area contributed by atoms with E-state index >= 15 is 0 Å². The van der Waals surface area contributed by atoms with Gasteiger partial charge in [0, 0.05) is 0 Å². The van der Waals surface area contributed by atoms with Crippen LogP contribution < -0.4 is 0 Å². The van der Waals surface area contributed by atoms with Crippen LogP contribution in [0.4, 0.5) is 4.39 Å². The third-order valence-electron chi connectivity index (χ3n) is 1.88. The van der Waals surface area contributed by atoms with E-state index in [9.17, 15) is 4.39 Å².